The van der Waals surface area contributed by atoms with Crippen LogP contribution in [0.4, 0.5) is 8.78 Å². The Morgan fingerprint density at radius 3 is 2.69 bits per heavy atom. The Bertz CT molecular complexity index is 983. The minimum atomic E-state index is -0.287. The molecule has 26 heavy (non-hydrogen) atoms. The van der Waals surface area contributed by atoms with Crippen molar-refractivity contribution in [1.82, 2.24) is 10.3 Å². The Morgan fingerprint density at radius 1 is 1.12 bits per heavy atom. The standard InChI is InChI=1S/C21H19F2N3/c22-14-6-4-13(5-7-14)16-8-9-18(23)21-20(16)17-12-25-15(3-1-2-10-24)11-19(17)26-21/h4-9,15,25-26H,1-3,11-12H2. The van der Waals surface area contributed by atoms with E-state index >= 15 is 0 Å². The number of fused-ring (bicyclic) bond motifs is 3. The van der Waals surface area contributed by atoms with E-state index < -0.39 is 0 Å². The lowest BCUT2D eigenvalue weighted by molar-refractivity contribution is 0.441. The van der Waals surface area contributed by atoms with Crippen molar-refractivity contribution in [2.75, 3.05) is 0 Å². The molecule has 0 bridgehead atoms. The minimum Gasteiger partial charge on any atom is -0.356 e. The van der Waals surface area contributed by atoms with E-state index in [1.807, 2.05) is 0 Å². The Morgan fingerprint density at radius 2 is 1.92 bits per heavy atom. The molecule has 0 saturated carbocycles. The molecular weight excluding hydrogens is 332 g/mol. The van der Waals surface area contributed by atoms with Gasteiger partial charge in [0.05, 0.1) is 11.6 Å². The van der Waals surface area contributed by atoms with Crippen LogP contribution in [-0.4, -0.2) is 11.0 Å². The summed E-state index contributed by atoms with van der Waals surface area (Å²) >= 11 is 0. The van der Waals surface area contributed by atoms with Crippen LogP contribution in [0.1, 0.15) is 30.5 Å². The van der Waals surface area contributed by atoms with Gasteiger partial charge in [-0.05, 0) is 47.7 Å². The van der Waals surface area contributed by atoms with Gasteiger partial charge in [0.2, 0.25) is 0 Å². The van der Waals surface area contributed by atoms with E-state index in [-0.39, 0.29) is 11.6 Å². The Hall–Kier alpha value is -2.71. The molecule has 1 atom stereocenters. The van der Waals surface area contributed by atoms with Gasteiger partial charge in [0.25, 0.3) is 0 Å². The average Bonchev–Trinajstić information content (AvgIpc) is 3.03. The first-order valence-electron chi connectivity index (χ1n) is 8.85. The normalized spacial score (nSPS) is 16.4. The molecule has 1 aromatic heterocycles. The number of unbranched alkanes of at least 4 members (excludes halogenated alkanes) is 1. The summed E-state index contributed by atoms with van der Waals surface area (Å²) in [7, 11) is 0. The first kappa shape index (κ1) is 16.7. The molecule has 2 heterocycles. The lowest BCUT2D eigenvalue weighted by Gasteiger charge is -2.24. The monoisotopic (exact) mass is 351 g/mol. The number of aromatic amines is 1. The van der Waals surface area contributed by atoms with E-state index in [1.54, 1.807) is 18.2 Å². The van der Waals surface area contributed by atoms with Crippen LogP contribution >= 0.6 is 0 Å². The number of rotatable bonds is 4. The summed E-state index contributed by atoms with van der Waals surface area (Å²) in [5.41, 5.74) is 4.42. The molecule has 0 radical (unpaired) electrons. The van der Waals surface area contributed by atoms with E-state index in [4.69, 9.17) is 5.26 Å². The Kier molecular flexibility index (Phi) is 4.44. The fourth-order valence-corrected chi connectivity index (χ4v) is 3.83. The van der Waals surface area contributed by atoms with Gasteiger partial charge in [-0.15, -0.1) is 0 Å². The highest BCUT2D eigenvalue weighted by Gasteiger charge is 2.24. The van der Waals surface area contributed by atoms with Crippen molar-refractivity contribution in [2.45, 2.75) is 38.3 Å². The summed E-state index contributed by atoms with van der Waals surface area (Å²) < 4.78 is 27.7. The average molecular weight is 351 g/mol. The highest BCUT2D eigenvalue weighted by Crippen LogP contribution is 2.36. The van der Waals surface area contributed by atoms with Gasteiger partial charge >= 0.3 is 0 Å². The van der Waals surface area contributed by atoms with Crippen molar-refractivity contribution in [3.63, 3.8) is 0 Å². The van der Waals surface area contributed by atoms with Crippen LogP contribution in [0, 0.1) is 23.0 Å². The van der Waals surface area contributed by atoms with Gasteiger partial charge in [0, 0.05) is 36.5 Å². The molecule has 0 fully saturated rings. The number of nitriles is 1. The van der Waals surface area contributed by atoms with Crippen molar-refractivity contribution in [1.29, 1.82) is 5.26 Å². The van der Waals surface area contributed by atoms with E-state index in [0.29, 0.717) is 24.5 Å². The maximum atomic E-state index is 14.4. The summed E-state index contributed by atoms with van der Waals surface area (Å²) in [5.74, 6) is -0.564. The van der Waals surface area contributed by atoms with Gasteiger partial charge in [-0.3, -0.25) is 0 Å². The number of halogens is 2. The van der Waals surface area contributed by atoms with Gasteiger partial charge in [-0.1, -0.05) is 18.2 Å². The molecule has 0 saturated heterocycles. The van der Waals surface area contributed by atoms with Crippen LogP contribution in [-0.2, 0) is 13.0 Å². The second-order valence-electron chi connectivity index (χ2n) is 6.77. The van der Waals surface area contributed by atoms with Gasteiger partial charge in [-0.2, -0.15) is 5.26 Å². The van der Waals surface area contributed by atoms with Gasteiger partial charge in [0.1, 0.15) is 11.6 Å². The molecule has 1 aliphatic rings. The zero-order valence-corrected chi connectivity index (χ0v) is 14.3. The SMILES string of the molecule is N#CCCCC1Cc2[nH]c3c(F)ccc(-c4ccc(F)cc4)c3c2CN1. The molecule has 3 aromatic rings. The highest BCUT2D eigenvalue weighted by molar-refractivity contribution is 5.99. The highest BCUT2D eigenvalue weighted by atomic mass is 19.1. The summed E-state index contributed by atoms with van der Waals surface area (Å²) in [6.07, 6.45) is 3.13. The third kappa shape index (κ3) is 2.97. The van der Waals surface area contributed by atoms with Crippen LogP contribution in [0.15, 0.2) is 36.4 Å². The molecule has 0 spiro atoms. The van der Waals surface area contributed by atoms with Gasteiger partial charge in [-0.25, -0.2) is 8.78 Å². The summed E-state index contributed by atoms with van der Waals surface area (Å²) in [4.78, 5) is 3.27. The molecular formula is C21H19F2N3. The topological polar surface area (TPSA) is 51.6 Å². The van der Waals surface area contributed by atoms with Crippen LogP contribution in [0.5, 0.6) is 0 Å². The smallest absolute Gasteiger partial charge is 0.147 e. The number of nitrogens with zero attached hydrogens (tertiary/aromatic N) is 1. The Balaban J connectivity index is 1.75. The van der Waals surface area contributed by atoms with Crippen molar-refractivity contribution in [3.8, 4) is 17.2 Å². The number of H-pyrrole nitrogens is 1. The quantitative estimate of drug-likeness (QED) is 0.662. The molecule has 5 heteroatoms. The third-order valence-electron chi connectivity index (χ3n) is 5.11. The molecule has 0 amide bonds. The van der Waals surface area contributed by atoms with E-state index in [1.165, 1.54) is 18.2 Å². The van der Waals surface area contributed by atoms with Crippen molar-refractivity contribution in [3.05, 3.63) is 59.3 Å². The van der Waals surface area contributed by atoms with Crippen LogP contribution in [0.25, 0.3) is 22.0 Å². The first-order chi connectivity index (χ1) is 12.7. The maximum Gasteiger partial charge on any atom is 0.147 e. The van der Waals surface area contributed by atoms with Crippen LogP contribution in [0.3, 0.4) is 0 Å². The summed E-state index contributed by atoms with van der Waals surface area (Å²) in [6, 6.07) is 12.0. The first-order valence-corrected chi connectivity index (χ1v) is 8.85. The number of benzene rings is 2. The van der Waals surface area contributed by atoms with Gasteiger partial charge in [0.15, 0.2) is 0 Å². The zero-order valence-electron chi connectivity index (χ0n) is 14.3. The summed E-state index contributed by atoms with van der Waals surface area (Å²) in [6.45, 7) is 0.657. The van der Waals surface area contributed by atoms with E-state index in [9.17, 15) is 8.78 Å². The lowest BCUT2D eigenvalue weighted by Crippen LogP contribution is -2.35. The maximum absolute atomic E-state index is 14.4. The molecule has 4 rings (SSSR count). The van der Waals surface area contributed by atoms with Crippen LogP contribution in [0.2, 0.25) is 0 Å². The lowest BCUT2D eigenvalue weighted by atomic mass is 9.93. The molecule has 0 aliphatic carbocycles. The van der Waals surface area contributed by atoms with Crippen molar-refractivity contribution in [2.24, 2.45) is 0 Å². The predicted molar refractivity (Wildman–Crippen MR) is 97.4 cm³/mol. The summed E-state index contributed by atoms with van der Waals surface area (Å²) in [5, 5.41) is 13.1. The van der Waals surface area contributed by atoms with Crippen LogP contribution < -0.4 is 5.32 Å². The number of hydrogen-bond acceptors (Lipinski definition) is 2. The second kappa shape index (κ2) is 6.89. The third-order valence-corrected chi connectivity index (χ3v) is 5.11. The molecule has 2 aromatic carbocycles. The molecule has 3 nitrogen and oxygen atoms in total. The number of aromatic nitrogens is 1. The number of hydrogen-bond donors (Lipinski definition) is 2. The second-order valence-corrected chi connectivity index (χ2v) is 6.77. The molecule has 1 aliphatic heterocycles. The van der Waals surface area contributed by atoms with E-state index in [0.717, 1.165) is 47.0 Å². The van der Waals surface area contributed by atoms with Gasteiger partial charge < -0.3 is 10.3 Å². The van der Waals surface area contributed by atoms with E-state index in [2.05, 4.69) is 16.4 Å². The largest absolute Gasteiger partial charge is 0.356 e. The zero-order chi connectivity index (χ0) is 18.1. The molecule has 132 valence electrons. The molecule has 1 unspecified atom stereocenters. The molecule has 2 N–H and O–H groups in total. The fourth-order valence-electron chi connectivity index (χ4n) is 3.83. The fraction of sp³-hybridized carbons (Fsp3) is 0.286. The van der Waals surface area contributed by atoms with Crippen molar-refractivity contribution >= 4 is 10.9 Å². The minimum absolute atomic E-state index is 0.277. The predicted octanol–water partition coefficient (Wildman–Crippen LogP) is 4.82. The number of nitrogens with one attached hydrogen (secondary N) is 2. The van der Waals surface area contributed by atoms with Crippen molar-refractivity contribution < 1.29 is 8.78 Å². The Labute approximate surface area is 150 Å².